The minimum atomic E-state index is 0.0923. The highest BCUT2D eigenvalue weighted by molar-refractivity contribution is 5.12. The molecule has 0 saturated heterocycles. The largest absolute Gasteiger partial charge is 0.473 e. The molecule has 0 amide bonds. The Morgan fingerprint density at radius 1 is 1.25 bits per heavy atom. The molecular formula is C16H27N3O. The first-order chi connectivity index (χ1) is 9.42. The Labute approximate surface area is 122 Å². The highest BCUT2D eigenvalue weighted by atomic mass is 16.5. The molecule has 1 aromatic rings. The van der Waals surface area contributed by atoms with Crippen molar-refractivity contribution in [2.45, 2.75) is 71.6 Å². The van der Waals surface area contributed by atoms with E-state index in [0.717, 1.165) is 31.0 Å². The Bertz CT molecular complexity index is 411. The van der Waals surface area contributed by atoms with Gasteiger partial charge in [-0.3, -0.25) is 0 Å². The van der Waals surface area contributed by atoms with Crippen molar-refractivity contribution in [1.29, 1.82) is 0 Å². The maximum absolute atomic E-state index is 5.93. The van der Waals surface area contributed by atoms with E-state index in [-0.39, 0.29) is 5.54 Å². The average Bonchev–Trinajstić information content (AvgIpc) is 2.37. The van der Waals surface area contributed by atoms with Gasteiger partial charge in [0, 0.05) is 18.2 Å². The molecule has 1 fully saturated rings. The number of nitrogens with zero attached hydrogens (tertiary/aromatic N) is 2. The van der Waals surface area contributed by atoms with E-state index in [2.05, 4.69) is 43.2 Å². The molecule has 0 bridgehead atoms. The molecule has 1 heterocycles. The third-order valence-electron chi connectivity index (χ3n) is 3.67. The van der Waals surface area contributed by atoms with Crippen LogP contribution >= 0.6 is 0 Å². The van der Waals surface area contributed by atoms with Crippen LogP contribution in [0.3, 0.4) is 0 Å². The predicted octanol–water partition coefficient (Wildman–Crippen LogP) is 3.32. The van der Waals surface area contributed by atoms with Gasteiger partial charge in [0.25, 0.3) is 0 Å². The lowest BCUT2D eigenvalue weighted by Gasteiger charge is -2.26. The smallest absolute Gasteiger partial charge is 0.233 e. The van der Waals surface area contributed by atoms with Crippen molar-refractivity contribution in [3.8, 4) is 5.88 Å². The Hall–Kier alpha value is -1.16. The molecule has 0 spiro atoms. The summed E-state index contributed by atoms with van der Waals surface area (Å²) in [7, 11) is 0. The summed E-state index contributed by atoms with van der Waals surface area (Å²) in [6.45, 7) is 9.45. The molecule has 0 aromatic carbocycles. The number of rotatable bonds is 4. The van der Waals surface area contributed by atoms with Crippen LogP contribution in [0, 0.1) is 5.92 Å². The molecule has 0 radical (unpaired) electrons. The summed E-state index contributed by atoms with van der Waals surface area (Å²) in [5.74, 6) is 1.42. The lowest BCUT2D eigenvalue weighted by molar-refractivity contribution is 0.122. The maximum Gasteiger partial charge on any atom is 0.233 e. The highest BCUT2D eigenvalue weighted by Gasteiger charge is 2.20. The SMILES string of the molecule is CC1CCCC(Oc2ccc(CNC(C)(C)C)nn2)C1. The number of aromatic nitrogens is 2. The highest BCUT2D eigenvalue weighted by Crippen LogP contribution is 2.26. The molecule has 1 aromatic heterocycles. The van der Waals surface area contributed by atoms with E-state index in [1.54, 1.807) is 0 Å². The molecule has 1 N–H and O–H groups in total. The topological polar surface area (TPSA) is 47.0 Å². The predicted molar refractivity (Wildman–Crippen MR) is 80.7 cm³/mol. The molecule has 112 valence electrons. The molecule has 0 aliphatic heterocycles. The second-order valence-corrected chi connectivity index (χ2v) is 6.98. The van der Waals surface area contributed by atoms with E-state index in [1.165, 1.54) is 12.8 Å². The second-order valence-electron chi connectivity index (χ2n) is 6.98. The van der Waals surface area contributed by atoms with E-state index < -0.39 is 0 Å². The minimum Gasteiger partial charge on any atom is -0.473 e. The third-order valence-corrected chi connectivity index (χ3v) is 3.67. The second kappa shape index (κ2) is 6.53. The molecule has 2 unspecified atom stereocenters. The quantitative estimate of drug-likeness (QED) is 0.917. The van der Waals surface area contributed by atoms with Crippen molar-refractivity contribution < 1.29 is 4.74 Å². The Morgan fingerprint density at radius 3 is 2.65 bits per heavy atom. The summed E-state index contributed by atoms with van der Waals surface area (Å²) in [5, 5.41) is 11.8. The summed E-state index contributed by atoms with van der Waals surface area (Å²) in [4.78, 5) is 0. The monoisotopic (exact) mass is 277 g/mol. The zero-order valence-electron chi connectivity index (χ0n) is 13.1. The summed E-state index contributed by atoms with van der Waals surface area (Å²) in [6.07, 6.45) is 5.16. The molecule has 1 aliphatic carbocycles. The van der Waals surface area contributed by atoms with E-state index in [4.69, 9.17) is 4.74 Å². The molecule has 1 aliphatic rings. The molecule has 1 saturated carbocycles. The number of hydrogen-bond acceptors (Lipinski definition) is 4. The van der Waals surface area contributed by atoms with Crippen molar-refractivity contribution in [3.05, 3.63) is 17.8 Å². The number of nitrogens with one attached hydrogen (secondary N) is 1. The minimum absolute atomic E-state index is 0.0923. The first kappa shape index (κ1) is 15.2. The van der Waals surface area contributed by atoms with Gasteiger partial charge in [0.15, 0.2) is 0 Å². The van der Waals surface area contributed by atoms with Gasteiger partial charge in [0.2, 0.25) is 5.88 Å². The summed E-state index contributed by atoms with van der Waals surface area (Å²) in [5.41, 5.74) is 1.04. The van der Waals surface area contributed by atoms with Gasteiger partial charge in [-0.2, -0.15) is 5.10 Å². The van der Waals surface area contributed by atoms with Crippen LogP contribution in [0.4, 0.5) is 0 Å². The van der Waals surface area contributed by atoms with Crippen LogP contribution in [-0.2, 0) is 6.54 Å². The van der Waals surface area contributed by atoms with E-state index in [0.29, 0.717) is 12.0 Å². The van der Waals surface area contributed by atoms with Gasteiger partial charge in [0.1, 0.15) is 6.10 Å². The fraction of sp³-hybridized carbons (Fsp3) is 0.750. The van der Waals surface area contributed by atoms with Crippen LogP contribution in [0.15, 0.2) is 12.1 Å². The van der Waals surface area contributed by atoms with Crippen molar-refractivity contribution in [3.63, 3.8) is 0 Å². The van der Waals surface area contributed by atoms with Gasteiger partial charge in [-0.25, -0.2) is 0 Å². The average molecular weight is 277 g/mol. The Balaban J connectivity index is 1.85. The van der Waals surface area contributed by atoms with E-state index >= 15 is 0 Å². The first-order valence-electron chi connectivity index (χ1n) is 7.67. The summed E-state index contributed by atoms with van der Waals surface area (Å²) < 4.78 is 5.93. The fourth-order valence-electron chi connectivity index (χ4n) is 2.52. The van der Waals surface area contributed by atoms with Gasteiger partial charge in [-0.05, 0) is 52.0 Å². The van der Waals surface area contributed by atoms with Crippen LogP contribution in [0.25, 0.3) is 0 Å². The lowest BCUT2D eigenvalue weighted by Crippen LogP contribution is -2.35. The van der Waals surface area contributed by atoms with Crippen molar-refractivity contribution in [1.82, 2.24) is 15.5 Å². The van der Waals surface area contributed by atoms with Crippen LogP contribution in [0.5, 0.6) is 5.88 Å². The van der Waals surface area contributed by atoms with E-state index in [1.807, 2.05) is 12.1 Å². The maximum atomic E-state index is 5.93. The summed E-state index contributed by atoms with van der Waals surface area (Å²) >= 11 is 0. The first-order valence-corrected chi connectivity index (χ1v) is 7.67. The zero-order valence-corrected chi connectivity index (χ0v) is 13.1. The van der Waals surface area contributed by atoms with Gasteiger partial charge < -0.3 is 10.1 Å². The molecule has 20 heavy (non-hydrogen) atoms. The van der Waals surface area contributed by atoms with Gasteiger partial charge >= 0.3 is 0 Å². The molecule has 4 heteroatoms. The van der Waals surface area contributed by atoms with Crippen molar-refractivity contribution >= 4 is 0 Å². The van der Waals surface area contributed by atoms with Crippen LogP contribution < -0.4 is 10.1 Å². The normalized spacial score (nSPS) is 23.6. The molecule has 2 atom stereocenters. The lowest BCUT2D eigenvalue weighted by atomic mass is 9.89. The third kappa shape index (κ3) is 5.08. The van der Waals surface area contributed by atoms with Crippen molar-refractivity contribution in [2.24, 2.45) is 5.92 Å². The van der Waals surface area contributed by atoms with Crippen LogP contribution in [0.1, 0.15) is 59.1 Å². The van der Waals surface area contributed by atoms with Gasteiger partial charge in [0.05, 0.1) is 5.69 Å². The molecular weight excluding hydrogens is 250 g/mol. The van der Waals surface area contributed by atoms with Crippen LogP contribution in [-0.4, -0.2) is 21.8 Å². The standard InChI is InChI=1S/C16H27N3O/c1-12-6-5-7-14(10-12)20-15-9-8-13(18-19-15)11-17-16(2,3)4/h8-9,12,14,17H,5-7,10-11H2,1-4H3. The summed E-state index contributed by atoms with van der Waals surface area (Å²) in [6, 6.07) is 3.93. The Morgan fingerprint density at radius 2 is 2.05 bits per heavy atom. The van der Waals surface area contributed by atoms with Gasteiger partial charge in [-0.1, -0.05) is 13.3 Å². The zero-order chi connectivity index (χ0) is 14.6. The Kier molecular flexibility index (Phi) is 4.97. The number of hydrogen-bond donors (Lipinski definition) is 1. The number of ether oxygens (including phenoxy) is 1. The van der Waals surface area contributed by atoms with Gasteiger partial charge in [-0.15, -0.1) is 5.10 Å². The molecule has 4 nitrogen and oxygen atoms in total. The van der Waals surface area contributed by atoms with Crippen molar-refractivity contribution in [2.75, 3.05) is 0 Å². The van der Waals surface area contributed by atoms with Crippen LogP contribution in [0.2, 0.25) is 0 Å². The fourth-order valence-corrected chi connectivity index (χ4v) is 2.52. The molecule has 2 rings (SSSR count). The van der Waals surface area contributed by atoms with E-state index in [9.17, 15) is 0 Å².